The number of piperidine rings is 1. The Morgan fingerprint density at radius 3 is 3.12 bits per heavy atom. The van der Waals surface area contributed by atoms with Crippen LogP contribution in [0.1, 0.15) is 34.9 Å². The largest absolute Gasteiger partial charge is 0.358 e. The van der Waals surface area contributed by atoms with Crippen LogP contribution in [0.2, 0.25) is 0 Å². The van der Waals surface area contributed by atoms with Crippen LogP contribution in [0.5, 0.6) is 0 Å². The van der Waals surface area contributed by atoms with E-state index in [0.29, 0.717) is 23.8 Å². The smallest absolute Gasteiger partial charge is 0.274 e. The molecule has 0 spiro atoms. The topological polar surface area (TPSA) is 79.2 Å². The number of hydrogen-bond donors (Lipinski definition) is 1. The van der Waals surface area contributed by atoms with Crippen LogP contribution in [-0.4, -0.2) is 48.5 Å². The fourth-order valence-electron chi connectivity index (χ4n) is 3.74. The number of hydrogen-bond acceptors (Lipinski definition) is 4. The number of aromatic nitrogens is 5. The number of likely N-dealkylation sites (tertiary alicyclic amines) is 1. The number of H-pyrrole nitrogens is 1. The molecule has 0 aliphatic carbocycles. The third-order valence-corrected chi connectivity index (χ3v) is 5.10. The van der Waals surface area contributed by atoms with Crippen molar-refractivity contribution in [2.75, 3.05) is 13.1 Å². The predicted octanol–water partition coefficient (Wildman–Crippen LogP) is 2.63. The van der Waals surface area contributed by atoms with Gasteiger partial charge in [-0.2, -0.15) is 0 Å². The van der Waals surface area contributed by atoms with Crippen LogP contribution in [0.25, 0.3) is 16.6 Å². The molecule has 1 aliphatic rings. The number of aromatic amines is 1. The minimum atomic E-state index is -0.0404. The van der Waals surface area contributed by atoms with E-state index in [4.69, 9.17) is 0 Å². The van der Waals surface area contributed by atoms with Crippen molar-refractivity contribution in [1.29, 1.82) is 0 Å². The van der Waals surface area contributed by atoms with E-state index in [9.17, 15) is 4.79 Å². The maximum atomic E-state index is 12.9. The molecule has 1 saturated heterocycles. The van der Waals surface area contributed by atoms with E-state index in [1.54, 1.807) is 23.1 Å². The third kappa shape index (κ3) is 2.52. The molecule has 0 saturated carbocycles. The van der Waals surface area contributed by atoms with E-state index < -0.39 is 0 Å². The highest BCUT2D eigenvalue weighted by Gasteiger charge is 2.27. The van der Waals surface area contributed by atoms with Crippen molar-refractivity contribution in [3.05, 3.63) is 60.4 Å². The van der Waals surface area contributed by atoms with Gasteiger partial charge in [0, 0.05) is 36.4 Å². The number of carbonyl (C=O) groups excluding carboxylic acids is 1. The summed E-state index contributed by atoms with van der Waals surface area (Å²) in [5.74, 6) is 0.278. The molecule has 7 heteroatoms. The lowest BCUT2D eigenvalue weighted by molar-refractivity contribution is 0.0699. The van der Waals surface area contributed by atoms with Crippen LogP contribution in [0.3, 0.4) is 0 Å². The van der Waals surface area contributed by atoms with Crippen LogP contribution in [-0.2, 0) is 0 Å². The molecule has 1 amide bonds. The zero-order valence-electron chi connectivity index (χ0n) is 14.2. The number of amides is 1. The highest BCUT2D eigenvalue weighted by molar-refractivity contribution is 5.92. The fourth-order valence-corrected chi connectivity index (χ4v) is 3.74. The van der Waals surface area contributed by atoms with Gasteiger partial charge in [-0.05, 0) is 30.4 Å². The van der Waals surface area contributed by atoms with Gasteiger partial charge in [-0.25, -0.2) is 4.98 Å². The average molecular weight is 346 g/mol. The Kier molecular flexibility index (Phi) is 3.44. The normalized spacial score (nSPS) is 17.8. The Morgan fingerprint density at radius 2 is 2.19 bits per heavy atom. The van der Waals surface area contributed by atoms with Gasteiger partial charge in [0.15, 0.2) is 5.65 Å². The molecule has 3 aromatic heterocycles. The molecule has 1 atom stereocenters. The minimum absolute atomic E-state index is 0.0404. The first-order valence-electron chi connectivity index (χ1n) is 8.80. The number of nitrogens with zero attached hydrogens (tertiary/aromatic N) is 5. The van der Waals surface area contributed by atoms with Crippen LogP contribution >= 0.6 is 0 Å². The number of benzene rings is 1. The van der Waals surface area contributed by atoms with Gasteiger partial charge in [0.05, 0.1) is 6.20 Å². The zero-order valence-corrected chi connectivity index (χ0v) is 14.2. The van der Waals surface area contributed by atoms with E-state index in [1.807, 2.05) is 17.0 Å². The summed E-state index contributed by atoms with van der Waals surface area (Å²) in [6, 6.07) is 10.5. The molecule has 1 fully saturated rings. The van der Waals surface area contributed by atoms with Crippen molar-refractivity contribution in [2.24, 2.45) is 0 Å². The number of para-hydroxylation sites is 1. The van der Waals surface area contributed by atoms with Crippen molar-refractivity contribution >= 4 is 22.5 Å². The molecule has 26 heavy (non-hydrogen) atoms. The highest BCUT2D eigenvalue weighted by atomic mass is 16.2. The molecular formula is C19H18N6O. The van der Waals surface area contributed by atoms with Gasteiger partial charge in [0.2, 0.25) is 0 Å². The molecule has 5 rings (SSSR count). The summed E-state index contributed by atoms with van der Waals surface area (Å²) < 4.78 is 1.72. The van der Waals surface area contributed by atoms with E-state index in [1.165, 1.54) is 11.1 Å². The van der Waals surface area contributed by atoms with Gasteiger partial charge >= 0.3 is 0 Å². The third-order valence-electron chi connectivity index (χ3n) is 5.10. The van der Waals surface area contributed by atoms with Crippen LogP contribution in [0, 0.1) is 0 Å². The summed E-state index contributed by atoms with van der Waals surface area (Å²) in [7, 11) is 0. The standard InChI is InChI=1S/C19H18N6O/c26-19(17-11-25-12-21-23-18(25)9-20-17)24-7-3-5-14(10-24)16-8-13-4-1-2-6-15(13)22-16/h1-2,4,6,8-9,11-12,14,22H,3,5,7,10H2. The second-order valence-corrected chi connectivity index (χ2v) is 6.77. The maximum Gasteiger partial charge on any atom is 0.274 e. The van der Waals surface area contributed by atoms with Gasteiger partial charge in [-0.15, -0.1) is 10.2 Å². The molecule has 4 heterocycles. The molecule has 4 aromatic rings. The van der Waals surface area contributed by atoms with Gasteiger partial charge in [-0.3, -0.25) is 9.20 Å². The first-order chi connectivity index (χ1) is 12.8. The van der Waals surface area contributed by atoms with Crippen molar-refractivity contribution in [3.8, 4) is 0 Å². The molecule has 1 unspecified atom stereocenters. The van der Waals surface area contributed by atoms with E-state index in [-0.39, 0.29) is 5.91 Å². The predicted molar refractivity (Wildman–Crippen MR) is 97.0 cm³/mol. The Balaban J connectivity index is 1.40. The van der Waals surface area contributed by atoms with E-state index in [0.717, 1.165) is 24.9 Å². The first kappa shape index (κ1) is 15.1. The molecule has 1 aliphatic heterocycles. The highest BCUT2D eigenvalue weighted by Crippen LogP contribution is 2.29. The Morgan fingerprint density at radius 1 is 1.27 bits per heavy atom. The molecule has 7 nitrogen and oxygen atoms in total. The van der Waals surface area contributed by atoms with Crippen LogP contribution in [0.15, 0.2) is 49.1 Å². The lowest BCUT2D eigenvalue weighted by atomic mass is 9.94. The van der Waals surface area contributed by atoms with Crippen LogP contribution < -0.4 is 0 Å². The molecule has 0 bridgehead atoms. The van der Waals surface area contributed by atoms with Crippen molar-refractivity contribution in [2.45, 2.75) is 18.8 Å². The summed E-state index contributed by atoms with van der Waals surface area (Å²) in [5.41, 5.74) is 3.40. The summed E-state index contributed by atoms with van der Waals surface area (Å²) in [4.78, 5) is 22.6. The van der Waals surface area contributed by atoms with Crippen LogP contribution in [0.4, 0.5) is 0 Å². The first-order valence-corrected chi connectivity index (χ1v) is 8.80. The molecule has 0 radical (unpaired) electrons. The molecule has 1 aromatic carbocycles. The van der Waals surface area contributed by atoms with Crippen molar-refractivity contribution in [3.63, 3.8) is 0 Å². The second kappa shape index (κ2) is 5.94. The number of fused-ring (bicyclic) bond motifs is 2. The van der Waals surface area contributed by atoms with Gasteiger partial charge < -0.3 is 9.88 Å². The number of rotatable bonds is 2. The van der Waals surface area contributed by atoms with Crippen molar-refractivity contribution < 1.29 is 4.79 Å². The molecular weight excluding hydrogens is 328 g/mol. The summed E-state index contributed by atoms with van der Waals surface area (Å²) in [6.45, 7) is 1.46. The number of carbonyl (C=O) groups is 1. The maximum absolute atomic E-state index is 12.9. The quantitative estimate of drug-likeness (QED) is 0.605. The van der Waals surface area contributed by atoms with E-state index >= 15 is 0 Å². The summed E-state index contributed by atoms with van der Waals surface area (Å²) in [5, 5.41) is 8.97. The van der Waals surface area contributed by atoms with Gasteiger partial charge in [0.1, 0.15) is 12.0 Å². The van der Waals surface area contributed by atoms with Gasteiger partial charge in [-0.1, -0.05) is 18.2 Å². The lowest BCUT2D eigenvalue weighted by Crippen LogP contribution is -2.39. The lowest BCUT2D eigenvalue weighted by Gasteiger charge is -2.32. The Labute approximate surface area is 149 Å². The van der Waals surface area contributed by atoms with Gasteiger partial charge in [0.25, 0.3) is 5.91 Å². The number of nitrogens with one attached hydrogen (secondary N) is 1. The SMILES string of the molecule is O=C(c1cn2cnnc2cn1)N1CCCC(c2cc3ccccc3[nH]2)C1. The Bertz CT molecular complexity index is 1060. The molecule has 130 valence electrons. The summed E-state index contributed by atoms with van der Waals surface area (Å²) >= 11 is 0. The monoisotopic (exact) mass is 346 g/mol. The zero-order chi connectivity index (χ0) is 17.5. The average Bonchev–Trinajstić information content (AvgIpc) is 3.33. The fraction of sp³-hybridized carbons (Fsp3) is 0.263. The summed E-state index contributed by atoms with van der Waals surface area (Å²) in [6.07, 6.45) is 6.93. The minimum Gasteiger partial charge on any atom is -0.358 e. The van der Waals surface area contributed by atoms with Crippen molar-refractivity contribution in [1.82, 2.24) is 29.5 Å². The second-order valence-electron chi connectivity index (χ2n) is 6.77. The van der Waals surface area contributed by atoms with E-state index in [2.05, 4.69) is 38.4 Å². The Hall–Kier alpha value is -3.22. The molecule has 1 N–H and O–H groups in total.